The quantitative estimate of drug-likeness (QED) is 0.576. The van der Waals surface area contributed by atoms with Gasteiger partial charge >= 0.3 is 17.9 Å². The van der Waals surface area contributed by atoms with Gasteiger partial charge in [0.05, 0.1) is 27.8 Å². The molecule has 0 radical (unpaired) electrons. The van der Waals surface area contributed by atoms with Crippen LogP contribution in [0.5, 0.6) is 0 Å². The molecule has 0 saturated carbocycles. The molecular formula is C15H20O6. The van der Waals surface area contributed by atoms with Crippen LogP contribution in [0.4, 0.5) is 0 Å². The zero-order valence-corrected chi connectivity index (χ0v) is 12.9. The number of hydrogen-bond acceptors (Lipinski definition) is 6. The summed E-state index contributed by atoms with van der Waals surface area (Å²) < 4.78 is 14.2. The fourth-order valence-corrected chi connectivity index (χ4v) is 2.44. The molecule has 0 N–H and O–H groups in total. The van der Waals surface area contributed by atoms with Gasteiger partial charge in [-0.2, -0.15) is 0 Å². The van der Waals surface area contributed by atoms with Crippen molar-refractivity contribution >= 4 is 17.9 Å². The van der Waals surface area contributed by atoms with Crippen LogP contribution in [0, 0.1) is 11.3 Å². The van der Waals surface area contributed by atoms with Crippen LogP contribution < -0.4 is 0 Å². The van der Waals surface area contributed by atoms with Crippen LogP contribution >= 0.6 is 0 Å². The molecule has 0 aliphatic heterocycles. The molecule has 0 amide bonds. The van der Waals surface area contributed by atoms with Gasteiger partial charge in [-0.05, 0) is 5.92 Å². The zero-order chi connectivity index (χ0) is 16.2. The highest BCUT2D eigenvalue weighted by Gasteiger charge is 2.45. The topological polar surface area (TPSA) is 78.9 Å². The van der Waals surface area contributed by atoms with E-state index < -0.39 is 23.3 Å². The van der Waals surface area contributed by atoms with Crippen LogP contribution in [0.25, 0.3) is 0 Å². The minimum absolute atomic E-state index is 0.154. The number of ether oxygens (including phenoxy) is 3. The molecule has 0 heterocycles. The predicted molar refractivity (Wildman–Crippen MR) is 74.1 cm³/mol. The lowest BCUT2D eigenvalue weighted by Crippen LogP contribution is -2.37. The van der Waals surface area contributed by atoms with E-state index in [2.05, 4.69) is 4.74 Å². The van der Waals surface area contributed by atoms with E-state index in [1.165, 1.54) is 21.3 Å². The van der Waals surface area contributed by atoms with Crippen LogP contribution in [-0.2, 0) is 28.6 Å². The van der Waals surface area contributed by atoms with Crippen molar-refractivity contribution in [2.75, 3.05) is 21.3 Å². The zero-order valence-electron chi connectivity index (χ0n) is 12.9. The number of rotatable bonds is 4. The van der Waals surface area contributed by atoms with Crippen LogP contribution in [0.15, 0.2) is 23.3 Å². The number of carbonyl (C=O) groups excluding carboxylic acids is 3. The van der Waals surface area contributed by atoms with Crippen LogP contribution in [0.1, 0.15) is 20.3 Å². The number of methoxy groups -OCH3 is 3. The molecule has 1 aliphatic rings. The smallest absolute Gasteiger partial charge is 0.334 e. The maximum Gasteiger partial charge on any atom is 0.334 e. The first-order valence-electron chi connectivity index (χ1n) is 6.48. The van der Waals surface area contributed by atoms with Crippen molar-refractivity contribution in [3.05, 3.63) is 23.3 Å². The minimum Gasteiger partial charge on any atom is -0.469 e. The van der Waals surface area contributed by atoms with Gasteiger partial charge in [0.1, 0.15) is 0 Å². The highest BCUT2D eigenvalue weighted by molar-refractivity contribution is 5.99. The van der Waals surface area contributed by atoms with E-state index in [1.807, 2.05) is 6.92 Å². The van der Waals surface area contributed by atoms with E-state index in [1.54, 1.807) is 19.1 Å². The van der Waals surface area contributed by atoms with Gasteiger partial charge in [0, 0.05) is 16.6 Å². The van der Waals surface area contributed by atoms with Crippen molar-refractivity contribution in [1.29, 1.82) is 0 Å². The minimum atomic E-state index is -1.14. The first-order valence-corrected chi connectivity index (χ1v) is 6.48. The largest absolute Gasteiger partial charge is 0.469 e. The van der Waals surface area contributed by atoms with E-state index in [4.69, 9.17) is 9.47 Å². The van der Waals surface area contributed by atoms with E-state index >= 15 is 0 Å². The van der Waals surface area contributed by atoms with E-state index in [0.717, 1.165) is 0 Å². The lowest BCUT2D eigenvalue weighted by molar-refractivity contribution is -0.143. The number of allylic oxidation sites excluding steroid dienone is 2. The molecule has 0 unspecified atom stereocenters. The number of esters is 3. The van der Waals surface area contributed by atoms with Gasteiger partial charge in [0.15, 0.2) is 0 Å². The van der Waals surface area contributed by atoms with Gasteiger partial charge in [-0.15, -0.1) is 0 Å². The molecule has 21 heavy (non-hydrogen) atoms. The predicted octanol–water partition coefficient (Wildman–Crippen LogP) is 1.40. The molecule has 0 spiro atoms. The van der Waals surface area contributed by atoms with Gasteiger partial charge < -0.3 is 14.2 Å². The highest BCUT2D eigenvalue weighted by Crippen LogP contribution is 2.44. The second kappa shape index (κ2) is 6.56. The van der Waals surface area contributed by atoms with Crippen molar-refractivity contribution < 1.29 is 28.6 Å². The summed E-state index contributed by atoms with van der Waals surface area (Å²) in [6.07, 6.45) is 3.21. The molecule has 6 heteroatoms. The standard InChI is InChI=1S/C15H20O6/c1-9-6-10(13(17)20-4)15(2,8-12(16)19-3)11(7-9)14(18)21-5/h6-7,9H,8H2,1-5H3. The number of carbonyl (C=O) groups is 3. The normalized spacial score (nSPS) is 24.5. The second-order valence-electron chi connectivity index (χ2n) is 5.09. The summed E-state index contributed by atoms with van der Waals surface area (Å²) >= 11 is 0. The number of hydrogen-bond donors (Lipinski definition) is 0. The van der Waals surface area contributed by atoms with Gasteiger partial charge in [-0.1, -0.05) is 26.0 Å². The third-order valence-electron chi connectivity index (χ3n) is 3.58. The summed E-state index contributed by atoms with van der Waals surface area (Å²) in [7, 11) is 3.76. The summed E-state index contributed by atoms with van der Waals surface area (Å²) in [5, 5.41) is 0. The van der Waals surface area contributed by atoms with E-state index in [9.17, 15) is 14.4 Å². The Morgan fingerprint density at radius 3 is 1.76 bits per heavy atom. The molecule has 0 fully saturated rings. The van der Waals surface area contributed by atoms with Crippen LogP contribution in [0.2, 0.25) is 0 Å². The lowest BCUT2D eigenvalue weighted by atomic mass is 9.68. The lowest BCUT2D eigenvalue weighted by Gasteiger charge is -2.35. The summed E-state index contributed by atoms with van der Waals surface area (Å²) in [6, 6.07) is 0. The Bertz CT molecular complexity index is 480. The molecular weight excluding hydrogens is 276 g/mol. The average molecular weight is 296 g/mol. The molecule has 1 aliphatic carbocycles. The van der Waals surface area contributed by atoms with Crippen molar-refractivity contribution in [2.24, 2.45) is 11.3 Å². The average Bonchev–Trinajstić information content (AvgIpc) is 2.47. The van der Waals surface area contributed by atoms with Crippen molar-refractivity contribution in [3.63, 3.8) is 0 Å². The molecule has 1 rings (SSSR count). The third-order valence-corrected chi connectivity index (χ3v) is 3.58. The first-order chi connectivity index (χ1) is 9.79. The maximum atomic E-state index is 12.0. The molecule has 0 bridgehead atoms. The van der Waals surface area contributed by atoms with Crippen molar-refractivity contribution in [3.8, 4) is 0 Å². The van der Waals surface area contributed by atoms with Crippen LogP contribution in [-0.4, -0.2) is 39.2 Å². The molecule has 6 nitrogen and oxygen atoms in total. The summed E-state index contributed by atoms with van der Waals surface area (Å²) in [4.78, 5) is 35.8. The Labute approximate surface area is 123 Å². The van der Waals surface area contributed by atoms with E-state index in [-0.39, 0.29) is 23.5 Å². The fourth-order valence-electron chi connectivity index (χ4n) is 2.44. The molecule has 0 aromatic heterocycles. The molecule has 116 valence electrons. The highest BCUT2D eigenvalue weighted by atomic mass is 16.5. The van der Waals surface area contributed by atoms with Crippen molar-refractivity contribution in [1.82, 2.24) is 0 Å². The Balaban J connectivity index is 3.38. The Morgan fingerprint density at radius 1 is 1.00 bits per heavy atom. The van der Waals surface area contributed by atoms with Gasteiger partial charge in [-0.25, -0.2) is 9.59 Å². The Morgan fingerprint density at radius 2 is 1.43 bits per heavy atom. The maximum absolute atomic E-state index is 12.0. The fraction of sp³-hybridized carbons (Fsp3) is 0.533. The first kappa shape index (κ1) is 16.9. The SMILES string of the molecule is COC(=O)CC1(C)C(C(=O)OC)=CC(C)C=C1C(=O)OC. The monoisotopic (exact) mass is 296 g/mol. The molecule has 0 aromatic carbocycles. The van der Waals surface area contributed by atoms with E-state index in [0.29, 0.717) is 0 Å². The van der Waals surface area contributed by atoms with Crippen molar-refractivity contribution in [2.45, 2.75) is 20.3 Å². The Hall–Kier alpha value is -2.11. The summed E-state index contributed by atoms with van der Waals surface area (Å²) in [6.45, 7) is 3.45. The summed E-state index contributed by atoms with van der Waals surface area (Å²) in [5.41, 5.74) is -0.628. The van der Waals surface area contributed by atoms with Gasteiger partial charge in [0.25, 0.3) is 0 Å². The summed E-state index contributed by atoms with van der Waals surface area (Å²) in [5.74, 6) is -1.85. The molecule has 0 saturated heterocycles. The second-order valence-corrected chi connectivity index (χ2v) is 5.09. The molecule has 0 aromatic rings. The van der Waals surface area contributed by atoms with Gasteiger partial charge in [-0.3, -0.25) is 4.79 Å². The van der Waals surface area contributed by atoms with Gasteiger partial charge in [0.2, 0.25) is 0 Å². The van der Waals surface area contributed by atoms with Crippen LogP contribution in [0.3, 0.4) is 0 Å². The molecule has 0 atom stereocenters. The Kier molecular flexibility index (Phi) is 5.29. The third kappa shape index (κ3) is 3.32.